The van der Waals surface area contributed by atoms with Crippen molar-refractivity contribution in [2.24, 2.45) is 0 Å². The Bertz CT molecular complexity index is 846. The van der Waals surface area contributed by atoms with E-state index < -0.39 is 12.0 Å². The summed E-state index contributed by atoms with van der Waals surface area (Å²) in [5.41, 5.74) is 1.62. The Labute approximate surface area is 171 Å². The second-order valence-corrected chi connectivity index (χ2v) is 6.66. The van der Waals surface area contributed by atoms with Crippen molar-refractivity contribution in [3.63, 3.8) is 0 Å². The molecule has 0 aliphatic rings. The SMILES string of the molecule is COC(=O)CC(NC(=O)/C=C/c1ccc(OC(C)C)c(OC)c1)c1ccccc1. The first-order chi connectivity index (χ1) is 13.9. The molecule has 2 rings (SSSR count). The van der Waals surface area contributed by atoms with Crippen LogP contribution in [0.15, 0.2) is 54.6 Å². The highest BCUT2D eigenvalue weighted by Crippen LogP contribution is 2.29. The summed E-state index contributed by atoms with van der Waals surface area (Å²) in [5, 5.41) is 2.85. The van der Waals surface area contributed by atoms with Crippen molar-refractivity contribution in [3.05, 3.63) is 65.7 Å². The van der Waals surface area contributed by atoms with Gasteiger partial charge in [-0.2, -0.15) is 0 Å². The summed E-state index contributed by atoms with van der Waals surface area (Å²) in [6.45, 7) is 3.88. The first-order valence-electron chi connectivity index (χ1n) is 9.38. The fourth-order valence-corrected chi connectivity index (χ4v) is 2.72. The summed E-state index contributed by atoms with van der Waals surface area (Å²) in [6, 6.07) is 14.3. The van der Waals surface area contributed by atoms with E-state index in [0.717, 1.165) is 11.1 Å². The Morgan fingerprint density at radius 3 is 2.38 bits per heavy atom. The van der Waals surface area contributed by atoms with Gasteiger partial charge in [0.25, 0.3) is 0 Å². The second kappa shape index (κ2) is 10.9. The molecule has 0 aliphatic heterocycles. The molecule has 29 heavy (non-hydrogen) atoms. The lowest BCUT2D eigenvalue weighted by Crippen LogP contribution is -2.29. The molecule has 1 atom stereocenters. The number of benzene rings is 2. The zero-order chi connectivity index (χ0) is 21.2. The van der Waals surface area contributed by atoms with Gasteiger partial charge >= 0.3 is 5.97 Å². The lowest BCUT2D eigenvalue weighted by Gasteiger charge is -2.17. The van der Waals surface area contributed by atoms with Gasteiger partial charge in [0.05, 0.1) is 32.8 Å². The summed E-state index contributed by atoms with van der Waals surface area (Å²) < 4.78 is 15.8. The van der Waals surface area contributed by atoms with Crippen LogP contribution in [0.2, 0.25) is 0 Å². The van der Waals surface area contributed by atoms with Crippen molar-refractivity contribution in [2.45, 2.75) is 32.4 Å². The number of amides is 1. The predicted molar refractivity (Wildman–Crippen MR) is 112 cm³/mol. The van der Waals surface area contributed by atoms with E-state index in [4.69, 9.17) is 14.2 Å². The van der Waals surface area contributed by atoms with E-state index in [-0.39, 0.29) is 18.4 Å². The topological polar surface area (TPSA) is 73.9 Å². The molecule has 0 aromatic heterocycles. The van der Waals surface area contributed by atoms with Crippen LogP contribution < -0.4 is 14.8 Å². The van der Waals surface area contributed by atoms with Gasteiger partial charge in [0.1, 0.15) is 0 Å². The molecule has 1 unspecified atom stereocenters. The molecule has 6 heteroatoms. The zero-order valence-corrected chi connectivity index (χ0v) is 17.2. The highest BCUT2D eigenvalue weighted by molar-refractivity contribution is 5.92. The quantitative estimate of drug-likeness (QED) is 0.513. The zero-order valence-electron chi connectivity index (χ0n) is 17.2. The number of esters is 1. The van der Waals surface area contributed by atoms with Crippen molar-refractivity contribution in [2.75, 3.05) is 14.2 Å². The van der Waals surface area contributed by atoms with Crippen LogP contribution in [-0.2, 0) is 14.3 Å². The third-order valence-electron chi connectivity index (χ3n) is 4.09. The van der Waals surface area contributed by atoms with Crippen molar-refractivity contribution in [1.29, 1.82) is 0 Å². The second-order valence-electron chi connectivity index (χ2n) is 6.66. The van der Waals surface area contributed by atoms with Crippen molar-refractivity contribution < 1.29 is 23.8 Å². The van der Waals surface area contributed by atoms with Crippen molar-refractivity contribution in [1.82, 2.24) is 5.32 Å². The van der Waals surface area contributed by atoms with E-state index in [0.29, 0.717) is 11.5 Å². The number of hydrogen-bond donors (Lipinski definition) is 1. The molecule has 2 aromatic carbocycles. The van der Waals surface area contributed by atoms with Gasteiger partial charge in [-0.15, -0.1) is 0 Å². The van der Waals surface area contributed by atoms with Gasteiger partial charge in [-0.3, -0.25) is 9.59 Å². The van der Waals surface area contributed by atoms with Gasteiger partial charge in [0.2, 0.25) is 5.91 Å². The van der Waals surface area contributed by atoms with Gasteiger partial charge in [-0.05, 0) is 43.2 Å². The van der Waals surface area contributed by atoms with Crippen LogP contribution in [0.5, 0.6) is 11.5 Å². The Kier molecular flexibility index (Phi) is 8.27. The number of nitrogens with one attached hydrogen (secondary N) is 1. The van der Waals surface area contributed by atoms with Crippen LogP contribution in [0.4, 0.5) is 0 Å². The maximum Gasteiger partial charge on any atom is 0.307 e. The van der Waals surface area contributed by atoms with Crippen LogP contribution in [-0.4, -0.2) is 32.2 Å². The minimum absolute atomic E-state index is 0.0285. The van der Waals surface area contributed by atoms with E-state index in [1.54, 1.807) is 25.3 Å². The average Bonchev–Trinajstić information content (AvgIpc) is 2.72. The molecule has 0 saturated carbocycles. The van der Waals surface area contributed by atoms with Gasteiger partial charge in [0.15, 0.2) is 11.5 Å². The van der Waals surface area contributed by atoms with E-state index in [9.17, 15) is 9.59 Å². The van der Waals surface area contributed by atoms with Crippen LogP contribution in [0.25, 0.3) is 6.08 Å². The normalized spacial score (nSPS) is 11.9. The number of carbonyl (C=O) groups is 2. The maximum absolute atomic E-state index is 12.4. The molecule has 0 aliphatic carbocycles. The van der Waals surface area contributed by atoms with Crippen LogP contribution in [0.3, 0.4) is 0 Å². The maximum atomic E-state index is 12.4. The molecule has 0 fully saturated rings. The minimum Gasteiger partial charge on any atom is -0.493 e. The predicted octanol–water partition coefficient (Wildman–Crippen LogP) is 3.92. The fourth-order valence-electron chi connectivity index (χ4n) is 2.72. The number of ether oxygens (including phenoxy) is 3. The highest BCUT2D eigenvalue weighted by Gasteiger charge is 2.17. The molecule has 1 amide bonds. The Hall–Kier alpha value is -3.28. The van der Waals surface area contributed by atoms with E-state index in [1.807, 2.05) is 50.2 Å². The summed E-state index contributed by atoms with van der Waals surface area (Å²) in [5.74, 6) is 0.526. The van der Waals surface area contributed by atoms with Gasteiger partial charge in [-0.1, -0.05) is 36.4 Å². The molecule has 0 spiro atoms. The van der Waals surface area contributed by atoms with Crippen LogP contribution in [0, 0.1) is 0 Å². The number of carbonyl (C=O) groups excluding carboxylic acids is 2. The molecule has 154 valence electrons. The van der Waals surface area contributed by atoms with Gasteiger partial charge < -0.3 is 19.5 Å². The monoisotopic (exact) mass is 397 g/mol. The number of hydrogen-bond acceptors (Lipinski definition) is 5. The molecule has 0 heterocycles. The van der Waals surface area contributed by atoms with Crippen molar-refractivity contribution in [3.8, 4) is 11.5 Å². The Morgan fingerprint density at radius 2 is 1.76 bits per heavy atom. The fraction of sp³-hybridized carbons (Fsp3) is 0.304. The standard InChI is InChI=1S/C23H27NO5/c1-16(2)29-20-12-10-17(14-21(20)27-3)11-13-22(25)24-19(15-23(26)28-4)18-8-6-5-7-9-18/h5-14,16,19H,15H2,1-4H3,(H,24,25)/b13-11+. The first kappa shape index (κ1) is 22.0. The third-order valence-corrected chi connectivity index (χ3v) is 4.09. The molecule has 0 bridgehead atoms. The van der Waals surface area contributed by atoms with E-state index >= 15 is 0 Å². The molecule has 0 saturated heterocycles. The van der Waals surface area contributed by atoms with Crippen LogP contribution in [0.1, 0.15) is 37.4 Å². The first-order valence-corrected chi connectivity index (χ1v) is 9.38. The van der Waals surface area contributed by atoms with E-state index in [1.165, 1.54) is 13.2 Å². The smallest absolute Gasteiger partial charge is 0.307 e. The molecule has 1 N–H and O–H groups in total. The largest absolute Gasteiger partial charge is 0.493 e. The van der Waals surface area contributed by atoms with E-state index in [2.05, 4.69) is 5.32 Å². The summed E-state index contributed by atoms with van der Waals surface area (Å²) >= 11 is 0. The van der Waals surface area contributed by atoms with Gasteiger partial charge in [0, 0.05) is 6.08 Å². The molecular weight excluding hydrogens is 370 g/mol. The molecule has 0 radical (unpaired) electrons. The average molecular weight is 397 g/mol. The van der Waals surface area contributed by atoms with Crippen molar-refractivity contribution >= 4 is 18.0 Å². The summed E-state index contributed by atoms with van der Waals surface area (Å²) in [4.78, 5) is 24.1. The highest BCUT2D eigenvalue weighted by atomic mass is 16.5. The molecule has 6 nitrogen and oxygen atoms in total. The third kappa shape index (κ3) is 6.99. The lowest BCUT2D eigenvalue weighted by atomic mass is 10.0. The number of rotatable bonds is 9. The summed E-state index contributed by atoms with van der Waals surface area (Å²) in [7, 11) is 2.89. The molecular formula is C23H27NO5. The molecule has 2 aromatic rings. The Balaban J connectivity index is 2.11. The summed E-state index contributed by atoms with van der Waals surface area (Å²) in [6.07, 6.45) is 3.18. The lowest BCUT2D eigenvalue weighted by molar-refractivity contribution is -0.141. The minimum atomic E-state index is -0.475. The number of methoxy groups -OCH3 is 2. The van der Waals surface area contributed by atoms with Crippen LogP contribution >= 0.6 is 0 Å². The van der Waals surface area contributed by atoms with Gasteiger partial charge in [-0.25, -0.2) is 0 Å². The Morgan fingerprint density at radius 1 is 1.03 bits per heavy atom.